The van der Waals surface area contributed by atoms with Gasteiger partial charge in [-0.3, -0.25) is 9.10 Å². The number of amides is 1. The SMILES string of the molecule is Cc1cc(/C=N\NC(=O)CN(c2ccc(Cl)cc2)S(C)(=O)=O)c(C)n1-c1ccccc1F. The molecule has 0 saturated carbocycles. The molecule has 3 aromatic rings. The molecule has 1 heterocycles. The van der Waals surface area contributed by atoms with Crippen LogP contribution in [0.5, 0.6) is 0 Å². The van der Waals surface area contributed by atoms with Crippen molar-refractivity contribution in [1.82, 2.24) is 9.99 Å². The molecule has 0 aliphatic rings. The molecule has 0 radical (unpaired) electrons. The summed E-state index contributed by atoms with van der Waals surface area (Å²) in [4.78, 5) is 12.3. The minimum atomic E-state index is -3.71. The van der Waals surface area contributed by atoms with Gasteiger partial charge in [-0.15, -0.1) is 0 Å². The minimum Gasteiger partial charge on any atom is -0.315 e. The monoisotopic (exact) mass is 476 g/mol. The molecule has 1 amide bonds. The lowest BCUT2D eigenvalue weighted by Crippen LogP contribution is -2.39. The number of aromatic nitrogens is 1. The van der Waals surface area contributed by atoms with Crippen LogP contribution in [0.3, 0.4) is 0 Å². The van der Waals surface area contributed by atoms with Crippen LogP contribution >= 0.6 is 11.6 Å². The highest BCUT2D eigenvalue weighted by Gasteiger charge is 2.20. The Bertz CT molecular complexity index is 1270. The summed E-state index contributed by atoms with van der Waals surface area (Å²) < 4.78 is 41.2. The van der Waals surface area contributed by atoms with Gasteiger partial charge in [0.25, 0.3) is 5.91 Å². The normalized spacial score (nSPS) is 11.7. The van der Waals surface area contributed by atoms with Gasteiger partial charge >= 0.3 is 0 Å². The number of hydrogen-bond acceptors (Lipinski definition) is 4. The number of hydrogen-bond donors (Lipinski definition) is 1. The summed E-state index contributed by atoms with van der Waals surface area (Å²) in [5, 5.41) is 4.39. The molecule has 2 aromatic carbocycles. The molecule has 0 fully saturated rings. The van der Waals surface area contributed by atoms with E-state index in [0.717, 1.165) is 21.9 Å². The van der Waals surface area contributed by atoms with E-state index in [0.29, 0.717) is 22.0 Å². The zero-order valence-corrected chi connectivity index (χ0v) is 19.3. The molecular weight excluding hydrogens is 455 g/mol. The van der Waals surface area contributed by atoms with Crippen LogP contribution in [-0.2, 0) is 14.8 Å². The van der Waals surface area contributed by atoms with Gasteiger partial charge in [-0.25, -0.2) is 18.2 Å². The second-order valence-electron chi connectivity index (χ2n) is 7.15. The number of benzene rings is 2. The van der Waals surface area contributed by atoms with Crippen molar-refractivity contribution in [2.24, 2.45) is 5.10 Å². The molecule has 10 heteroatoms. The average Bonchev–Trinajstić information content (AvgIpc) is 3.00. The fourth-order valence-electron chi connectivity index (χ4n) is 3.27. The van der Waals surface area contributed by atoms with Gasteiger partial charge in [0, 0.05) is 22.0 Å². The number of rotatable bonds is 7. The molecule has 3 rings (SSSR count). The van der Waals surface area contributed by atoms with Crippen LogP contribution in [0.15, 0.2) is 59.7 Å². The molecular formula is C22H22ClFN4O3S. The summed E-state index contributed by atoms with van der Waals surface area (Å²) in [5.74, 6) is -0.973. The molecule has 0 aliphatic carbocycles. The van der Waals surface area contributed by atoms with Crippen LogP contribution in [0.1, 0.15) is 17.0 Å². The standard InChI is InChI=1S/C22H22ClFN4O3S/c1-15-12-17(16(2)28(15)21-7-5-4-6-20(21)24)13-25-26-22(29)14-27(32(3,30)31)19-10-8-18(23)9-11-19/h4-13H,14H2,1-3H3,(H,26,29)/b25-13-. The van der Waals surface area contributed by atoms with Crippen LogP contribution in [0.2, 0.25) is 5.02 Å². The van der Waals surface area contributed by atoms with Crippen LogP contribution in [0.25, 0.3) is 5.69 Å². The molecule has 7 nitrogen and oxygen atoms in total. The van der Waals surface area contributed by atoms with E-state index >= 15 is 0 Å². The van der Waals surface area contributed by atoms with Crippen molar-refractivity contribution < 1.29 is 17.6 Å². The molecule has 1 aromatic heterocycles. The van der Waals surface area contributed by atoms with E-state index in [1.54, 1.807) is 22.8 Å². The third kappa shape index (κ3) is 5.35. The fraction of sp³-hybridized carbons (Fsp3) is 0.182. The maximum atomic E-state index is 14.2. The zero-order valence-electron chi connectivity index (χ0n) is 17.7. The van der Waals surface area contributed by atoms with Gasteiger partial charge in [-0.1, -0.05) is 23.7 Å². The molecule has 1 N–H and O–H groups in total. The molecule has 0 unspecified atom stereocenters. The van der Waals surface area contributed by atoms with Gasteiger partial charge in [0.05, 0.1) is 23.8 Å². The Balaban J connectivity index is 1.74. The third-order valence-electron chi connectivity index (χ3n) is 4.76. The highest BCUT2D eigenvalue weighted by Crippen LogP contribution is 2.22. The van der Waals surface area contributed by atoms with E-state index in [4.69, 9.17) is 11.6 Å². The van der Waals surface area contributed by atoms with Crippen molar-refractivity contribution in [2.75, 3.05) is 17.1 Å². The van der Waals surface area contributed by atoms with Crippen molar-refractivity contribution in [1.29, 1.82) is 0 Å². The predicted molar refractivity (Wildman–Crippen MR) is 125 cm³/mol. The van der Waals surface area contributed by atoms with Crippen molar-refractivity contribution >= 4 is 39.4 Å². The molecule has 0 saturated heterocycles. The Morgan fingerprint density at radius 1 is 1.19 bits per heavy atom. The molecule has 32 heavy (non-hydrogen) atoms. The van der Waals surface area contributed by atoms with E-state index in [9.17, 15) is 17.6 Å². The van der Waals surface area contributed by atoms with E-state index in [1.807, 2.05) is 19.9 Å². The minimum absolute atomic E-state index is 0.310. The maximum absolute atomic E-state index is 14.2. The maximum Gasteiger partial charge on any atom is 0.260 e. The summed E-state index contributed by atoms with van der Waals surface area (Å²) in [6.07, 6.45) is 2.44. The van der Waals surface area contributed by atoms with E-state index in [1.165, 1.54) is 36.5 Å². The number of nitrogens with zero attached hydrogens (tertiary/aromatic N) is 3. The Morgan fingerprint density at radius 3 is 2.47 bits per heavy atom. The summed E-state index contributed by atoms with van der Waals surface area (Å²) in [5.41, 5.74) is 5.28. The number of sulfonamides is 1. The van der Waals surface area contributed by atoms with Crippen LogP contribution in [0, 0.1) is 19.7 Å². The molecule has 168 valence electrons. The zero-order chi connectivity index (χ0) is 23.5. The Hall–Kier alpha value is -3.17. The predicted octanol–water partition coefficient (Wildman–Crippen LogP) is 3.80. The quantitative estimate of drug-likeness (QED) is 0.416. The first-order valence-electron chi connectivity index (χ1n) is 9.57. The Labute approximate surface area is 191 Å². The summed E-state index contributed by atoms with van der Waals surface area (Å²) in [6, 6.07) is 14.3. The molecule has 0 atom stereocenters. The number of nitrogens with one attached hydrogen (secondary N) is 1. The van der Waals surface area contributed by atoms with Gasteiger partial charge in [-0.2, -0.15) is 5.10 Å². The molecule has 0 aliphatic heterocycles. The van der Waals surface area contributed by atoms with Crippen LogP contribution in [-0.4, -0.2) is 37.9 Å². The number of aryl methyl sites for hydroxylation is 1. The van der Waals surface area contributed by atoms with Gasteiger partial charge in [0.2, 0.25) is 10.0 Å². The number of para-hydroxylation sites is 1. The number of carbonyl (C=O) groups excluding carboxylic acids is 1. The summed E-state index contributed by atoms with van der Waals surface area (Å²) >= 11 is 5.85. The van der Waals surface area contributed by atoms with Gasteiger partial charge in [0.1, 0.15) is 12.4 Å². The second kappa shape index (κ2) is 9.54. The van der Waals surface area contributed by atoms with Gasteiger partial charge in [-0.05, 0) is 56.3 Å². The number of hydrazone groups is 1. The average molecular weight is 477 g/mol. The first kappa shape index (κ1) is 23.5. The van der Waals surface area contributed by atoms with Crippen molar-refractivity contribution in [3.05, 3.63) is 82.4 Å². The number of halogens is 2. The molecule has 0 bridgehead atoms. The second-order valence-corrected chi connectivity index (χ2v) is 9.50. The van der Waals surface area contributed by atoms with Crippen molar-refractivity contribution in [3.8, 4) is 5.69 Å². The van der Waals surface area contributed by atoms with Crippen molar-refractivity contribution in [2.45, 2.75) is 13.8 Å². The number of carbonyl (C=O) groups is 1. The first-order chi connectivity index (χ1) is 15.1. The van der Waals surface area contributed by atoms with Crippen LogP contribution in [0.4, 0.5) is 10.1 Å². The van der Waals surface area contributed by atoms with E-state index < -0.39 is 22.5 Å². The lowest BCUT2D eigenvalue weighted by Gasteiger charge is -2.21. The van der Waals surface area contributed by atoms with E-state index in [2.05, 4.69) is 10.5 Å². The largest absolute Gasteiger partial charge is 0.315 e. The van der Waals surface area contributed by atoms with Crippen molar-refractivity contribution in [3.63, 3.8) is 0 Å². The highest BCUT2D eigenvalue weighted by molar-refractivity contribution is 7.92. The smallest absolute Gasteiger partial charge is 0.260 e. The van der Waals surface area contributed by atoms with E-state index in [-0.39, 0.29) is 5.82 Å². The Morgan fingerprint density at radius 2 is 1.84 bits per heavy atom. The van der Waals surface area contributed by atoms with Crippen LogP contribution < -0.4 is 9.73 Å². The lowest BCUT2D eigenvalue weighted by molar-refractivity contribution is -0.119. The topological polar surface area (TPSA) is 83.8 Å². The van der Waals surface area contributed by atoms with Gasteiger partial charge < -0.3 is 4.57 Å². The highest BCUT2D eigenvalue weighted by atomic mass is 35.5. The molecule has 0 spiro atoms. The Kier molecular flexibility index (Phi) is 7.00. The third-order valence-corrected chi connectivity index (χ3v) is 6.15. The fourth-order valence-corrected chi connectivity index (χ4v) is 4.25. The van der Waals surface area contributed by atoms with Gasteiger partial charge in [0.15, 0.2) is 0 Å². The lowest BCUT2D eigenvalue weighted by atomic mass is 10.2. The first-order valence-corrected chi connectivity index (χ1v) is 11.8. The number of anilines is 1. The summed E-state index contributed by atoms with van der Waals surface area (Å²) in [6.45, 7) is 3.20. The summed E-state index contributed by atoms with van der Waals surface area (Å²) in [7, 11) is -3.71.